The summed E-state index contributed by atoms with van der Waals surface area (Å²) in [5.74, 6) is 0. The number of nitrogens with one attached hydrogen (secondary N) is 1. The molecule has 0 aliphatic carbocycles. The molecule has 0 aromatic heterocycles. The normalized spacial score (nSPS) is 26.4. The summed E-state index contributed by atoms with van der Waals surface area (Å²) < 4.78 is 0. The summed E-state index contributed by atoms with van der Waals surface area (Å²) in [5.41, 5.74) is 8.15. The van der Waals surface area contributed by atoms with Crippen molar-refractivity contribution in [2.24, 2.45) is 5.73 Å². The van der Waals surface area contributed by atoms with Crippen LogP contribution in [0.15, 0.2) is 18.2 Å². The number of nitrogens with two attached hydrogens (primary N) is 1. The molecule has 0 saturated heterocycles. The van der Waals surface area contributed by atoms with Gasteiger partial charge >= 0.3 is 0 Å². The van der Waals surface area contributed by atoms with E-state index in [0.717, 1.165) is 22.7 Å². The minimum absolute atomic E-state index is 0.116. The Balaban J connectivity index is 2.49. The molecule has 2 atom stereocenters. The monoisotopic (exact) mass is 196 g/mol. The maximum Gasteiger partial charge on any atom is 0.0641 e. The van der Waals surface area contributed by atoms with Gasteiger partial charge in [-0.25, -0.2) is 0 Å². The lowest BCUT2D eigenvalue weighted by molar-refractivity contribution is 0.571. The van der Waals surface area contributed by atoms with Gasteiger partial charge in [-0.1, -0.05) is 23.7 Å². The number of halogens is 1. The predicted octanol–water partition coefficient (Wildman–Crippen LogP) is 2.54. The molecule has 13 heavy (non-hydrogen) atoms. The van der Waals surface area contributed by atoms with Crippen molar-refractivity contribution >= 4 is 17.3 Å². The fourth-order valence-electron chi connectivity index (χ4n) is 1.82. The van der Waals surface area contributed by atoms with Gasteiger partial charge in [-0.2, -0.15) is 0 Å². The summed E-state index contributed by atoms with van der Waals surface area (Å²) in [6, 6.07) is 6.38. The fraction of sp³-hybridized carbons (Fsp3) is 0.400. The Labute approximate surface area is 83.1 Å². The van der Waals surface area contributed by atoms with Crippen LogP contribution in [0.2, 0.25) is 5.02 Å². The third-order valence-corrected chi connectivity index (χ3v) is 2.76. The number of para-hydroxylation sites is 1. The highest BCUT2D eigenvalue weighted by Gasteiger charge is 2.22. The fourth-order valence-corrected chi connectivity index (χ4v) is 2.05. The summed E-state index contributed by atoms with van der Waals surface area (Å²) >= 11 is 6.05. The van der Waals surface area contributed by atoms with Gasteiger partial charge in [0.05, 0.1) is 10.7 Å². The molecule has 1 aromatic carbocycles. The second kappa shape index (κ2) is 3.20. The molecule has 3 heteroatoms. The van der Waals surface area contributed by atoms with Crippen LogP contribution in [-0.2, 0) is 0 Å². The van der Waals surface area contributed by atoms with Crippen molar-refractivity contribution in [1.29, 1.82) is 0 Å². The van der Waals surface area contributed by atoms with Gasteiger partial charge in [-0.15, -0.1) is 0 Å². The maximum atomic E-state index is 6.05. The van der Waals surface area contributed by atoms with Crippen LogP contribution in [0.25, 0.3) is 0 Å². The molecule has 2 rings (SSSR count). The van der Waals surface area contributed by atoms with Gasteiger partial charge in [0.1, 0.15) is 0 Å². The quantitative estimate of drug-likeness (QED) is 0.670. The molecule has 0 spiro atoms. The number of benzene rings is 1. The van der Waals surface area contributed by atoms with Gasteiger partial charge in [0.25, 0.3) is 0 Å². The van der Waals surface area contributed by atoms with Crippen molar-refractivity contribution in [3.8, 4) is 0 Å². The molecule has 2 unspecified atom stereocenters. The summed E-state index contributed by atoms with van der Waals surface area (Å²) in [6.45, 7) is 2.12. The van der Waals surface area contributed by atoms with Gasteiger partial charge in [-0.05, 0) is 25.0 Å². The van der Waals surface area contributed by atoms with E-state index in [1.54, 1.807) is 0 Å². The zero-order valence-electron chi connectivity index (χ0n) is 7.55. The molecule has 0 radical (unpaired) electrons. The van der Waals surface area contributed by atoms with Gasteiger partial charge in [0, 0.05) is 12.1 Å². The van der Waals surface area contributed by atoms with Gasteiger partial charge in [0.15, 0.2) is 0 Å². The summed E-state index contributed by atoms with van der Waals surface area (Å²) in [6.07, 6.45) is 0.966. The molecule has 0 saturated carbocycles. The third-order valence-electron chi connectivity index (χ3n) is 2.44. The van der Waals surface area contributed by atoms with Crippen LogP contribution in [0.4, 0.5) is 5.69 Å². The second-order valence-corrected chi connectivity index (χ2v) is 4.00. The van der Waals surface area contributed by atoms with Crippen LogP contribution in [0.5, 0.6) is 0 Å². The average Bonchev–Trinajstić information content (AvgIpc) is 2.07. The number of anilines is 1. The van der Waals surface area contributed by atoms with Crippen LogP contribution in [0.1, 0.15) is 24.9 Å². The van der Waals surface area contributed by atoms with Gasteiger partial charge < -0.3 is 11.1 Å². The third kappa shape index (κ3) is 1.52. The topological polar surface area (TPSA) is 38.0 Å². The SMILES string of the molecule is CC1CC(N)c2cccc(Cl)c2N1. The van der Waals surface area contributed by atoms with Crippen molar-refractivity contribution < 1.29 is 0 Å². The van der Waals surface area contributed by atoms with E-state index in [1.807, 2.05) is 18.2 Å². The van der Waals surface area contributed by atoms with Crippen LogP contribution < -0.4 is 11.1 Å². The summed E-state index contributed by atoms with van der Waals surface area (Å²) in [5, 5.41) is 4.11. The molecule has 0 amide bonds. The van der Waals surface area contributed by atoms with E-state index in [1.165, 1.54) is 0 Å². The predicted molar refractivity (Wildman–Crippen MR) is 56.1 cm³/mol. The second-order valence-electron chi connectivity index (χ2n) is 3.59. The largest absolute Gasteiger partial charge is 0.381 e. The van der Waals surface area contributed by atoms with Crippen LogP contribution in [0, 0.1) is 0 Å². The van der Waals surface area contributed by atoms with Crippen LogP contribution in [0.3, 0.4) is 0 Å². The molecule has 1 aromatic rings. The Kier molecular flexibility index (Phi) is 2.18. The standard InChI is InChI=1S/C10H13ClN2/c1-6-5-9(12)7-3-2-4-8(11)10(7)13-6/h2-4,6,9,13H,5,12H2,1H3. The summed E-state index contributed by atoms with van der Waals surface area (Å²) in [7, 11) is 0. The van der Waals surface area contributed by atoms with Crippen molar-refractivity contribution in [2.45, 2.75) is 25.4 Å². The van der Waals surface area contributed by atoms with E-state index >= 15 is 0 Å². The van der Waals surface area contributed by atoms with E-state index in [2.05, 4.69) is 12.2 Å². The van der Waals surface area contributed by atoms with Crippen molar-refractivity contribution in [3.63, 3.8) is 0 Å². The maximum absolute atomic E-state index is 6.05. The first-order chi connectivity index (χ1) is 6.18. The lowest BCUT2D eigenvalue weighted by Crippen LogP contribution is -2.29. The minimum atomic E-state index is 0.116. The van der Waals surface area contributed by atoms with Crippen molar-refractivity contribution in [2.75, 3.05) is 5.32 Å². The van der Waals surface area contributed by atoms with E-state index < -0.39 is 0 Å². The summed E-state index contributed by atoms with van der Waals surface area (Å²) in [4.78, 5) is 0. The smallest absolute Gasteiger partial charge is 0.0641 e. The van der Waals surface area contributed by atoms with E-state index in [-0.39, 0.29) is 6.04 Å². The van der Waals surface area contributed by atoms with Crippen molar-refractivity contribution in [3.05, 3.63) is 28.8 Å². The first-order valence-corrected chi connectivity index (χ1v) is 4.87. The highest BCUT2D eigenvalue weighted by atomic mass is 35.5. The Hall–Kier alpha value is -0.730. The lowest BCUT2D eigenvalue weighted by Gasteiger charge is -2.29. The average molecular weight is 197 g/mol. The number of hydrogen-bond donors (Lipinski definition) is 2. The van der Waals surface area contributed by atoms with Crippen LogP contribution >= 0.6 is 11.6 Å². The molecular formula is C10H13ClN2. The van der Waals surface area contributed by atoms with E-state index in [9.17, 15) is 0 Å². The molecular weight excluding hydrogens is 184 g/mol. The Bertz CT molecular complexity index is 325. The Morgan fingerprint density at radius 3 is 3.08 bits per heavy atom. The molecule has 0 bridgehead atoms. The molecule has 0 fully saturated rings. The molecule has 70 valence electrons. The van der Waals surface area contributed by atoms with E-state index in [4.69, 9.17) is 17.3 Å². The van der Waals surface area contributed by atoms with Crippen molar-refractivity contribution in [1.82, 2.24) is 0 Å². The molecule has 3 N–H and O–H groups in total. The first-order valence-electron chi connectivity index (χ1n) is 4.49. The van der Waals surface area contributed by atoms with E-state index in [0.29, 0.717) is 6.04 Å². The number of fused-ring (bicyclic) bond motifs is 1. The molecule has 1 aliphatic heterocycles. The Morgan fingerprint density at radius 2 is 2.31 bits per heavy atom. The highest BCUT2D eigenvalue weighted by molar-refractivity contribution is 6.33. The Morgan fingerprint density at radius 1 is 1.54 bits per heavy atom. The highest BCUT2D eigenvalue weighted by Crippen LogP contribution is 2.35. The molecule has 1 heterocycles. The van der Waals surface area contributed by atoms with Gasteiger partial charge in [0.2, 0.25) is 0 Å². The number of rotatable bonds is 0. The zero-order chi connectivity index (χ0) is 9.42. The molecule has 1 aliphatic rings. The molecule has 2 nitrogen and oxygen atoms in total. The van der Waals surface area contributed by atoms with Gasteiger partial charge in [-0.3, -0.25) is 0 Å². The van der Waals surface area contributed by atoms with Crippen LogP contribution in [-0.4, -0.2) is 6.04 Å². The minimum Gasteiger partial charge on any atom is -0.381 e. The first kappa shape index (κ1) is 8.85. The lowest BCUT2D eigenvalue weighted by atomic mass is 9.94. The number of hydrogen-bond acceptors (Lipinski definition) is 2. The zero-order valence-corrected chi connectivity index (χ0v) is 8.31.